The summed E-state index contributed by atoms with van der Waals surface area (Å²) in [4.78, 5) is 36.7. The highest BCUT2D eigenvalue weighted by Crippen LogP contribution is 2.38. The van der Waals surface area contributed by atoms with Crippen molar-refractivity contribution in [1.29, 1.82) is 0 Å². The van der Waals surface area contributed by atoms with Gasteiger partial charge in [-0.25, -0.2) is 0 Å². The Kier molecular flexibility index (Phi) is 6.79. The van der Waals surface area contributed by atoms with E-state index >= 15 is 0 Å². The van der Waals surface area contributed by atoms with Crippen molar-refractivity contribution in [2.75, 3.05) is 13.2 Å². The Morgan fingerprint density at radius 3 is 2.16 bits per heavy atom. The molecule has 0 aromatic heterocycles. The van der Waals surface area contributed by atoms with Gasteiger partial charge in [0.2, 0.25) is 5.91 Å². The van der Waals surface area contributed by atoms with Crippen LogP contribution in [0.5, 0.6) is 0 Å². The third-order valence-corrected chi connectivity index (χ3v) is 4.66. The average molecular weight is 355 g/mol. The summed E-state index contributed by atoms with van der Waals surface area (Å²) in [6.07, 6.45) is 1.24. The molecular weight excluding hydrogens is 322 g/mol. The van der Waals surface area contributed by atoms with E-state index in [9.17, 15) is 14.4 Å². The van der Waals surface area contributed by atoms with Crippen LogP contribution in [0.15, 0.2) is 0 Å². The minimum Gasteiger partial charge on any atom is -0.462 e. The Morgan fingerprint density at radius 1 is 1.16 bits per heavy atom. The second-order valence-electron chi connectivity index (χ2n) is 8.75. The van der Waals surface area contributed by atoms with Gasteiger partial charge in [0.15, 0.2) is 0 Å². The summed E-state index contributed by atoms with van der Waals surface area (Å²) in [5.74, 6) is -0.444. The molecule has 6 heteroatoms. The molecule has 0 aromatic carbocycles. The molecule has 1 saturated heterocycles. The summed E-state index contributed by atoms with van der Waals surface area (Å²) < 4.78 is 10.4. The lowest BCUT2D eigenvalue weighted by Crippen LogP contribution is -2.52. The van der Waals surface area contributed by atoms with Crippen molar-refractivity contribution in [1.82, 2.24) is 5.32 Å². The van der Waals surface area contributed by atoms with Crippen molar-refractivity contribution in [3.63, 3.8) is 0 Å². The maximum Gasteiger partial charge on any atom is 0.311 e. The van der Waals surface area contributed by atoms with Crippen LogP contribution in [0.3, 0.4) is 0 Å². The monoisotopic (exact) mass is 355 g/mol. The molecule has 1 aliphatic heterocycles. The Balaban J connectivity index is 2.76. The van der Waals surface area contributed by atoms with E-state index in [4.69, 9.17) is 9.47 Å². The lowest BCUT2D eigenvalue weighted by atomic mass is 9.71. The molecular formula is C19H33NO5. The first-order chi connectivity index (χ1) is 11.3. The molecule has 2 unspecified atom stereocenters. The van der Waals surface area contributed by atoms with Crippen molar-refractivity contribution >= 4 is 17.7 Å². The van der Waals surface area contributed by atoms with Crippen LogP contribution in [-0.4, -0.2) is 42.5 Å². The van der Waals surface area contributed by atoms with Crippen LogP contribution < -0.4 is 5.32 Å². The van der Waals surface area contributed by atoms with Crippen LogP contribution in [0.4, 0.5) is 0 Å². The maximum atomic E-state index is 12.9. The van der Waals surface area contributed by atoms with Crippen molar-refractivity contribution in [3.8, 4) is 0 Å². The van der Waals surface area contributed by atoms with Gasteiger partial charge in [0.05, 0.1) is 12.0 Å². The van der Waals surface area contributed by atoms with E-state index in [0.29, 0.717) is 19.4 Å². The number of hydrogen-bond donors (Lipinski definition) is 1. The van der Waals surface area contributed by atoms with Gasteiger partial charge >= 0.3 is 5.97 Å². The van der Waals surface area contributed by atoms with Crippen molar-refractivity contribution in [3.05, 3.63) is 0 Å². The average Bonchev–Trinajstić information content (AvgIpc) is 3.26. The number of nitrogens with one attached hydrogen (secondary N) is 1. The molecule has 0 aromatic rings. The third-order valence-electron chi connectivity index (χ3n) is 4.66. The van der Waals surface area contributed by atoms with Gasteiger partial charge in [-0.05, 0) is 47.5 Å². The lowest BCUT2D eigenvalue weighted by Gasteiger charge is -2.37. The second-order valence-corrected chi connectivity index (χ2v) is 8.75. The van der Waals surface area contributed by atoms with Gasteiger partial charge in [-0.2, -0.15) is 0 Å². The summed E-state index contributed by atoms with van der Waals surface area (Å²) in [6.45, 7) is 13.4. The maximum absolute atomic E-state index is 12.9. The zero-order chi connectivity index (χ0) is 19.5. The quantitative estimate of drug-likeness (QED) is 0.481. The Bertz CT molecular complexity index is 522. The van der Waals surface area contributed by atoms with Gasteiger partial charge in [0.25, 0.3) is 0 Å². The van der Waals surface area contributed by atoms with Gasteiger partial charge in [-0.3, -0.25) is 14.4 Å². The Hall–Kier alpha value is -1.43. The fraction of sp³-hybridized carbons (Fsp3) is 0.842. The van der Waals surface area contributed by atoms with Crippen molar-refractivity contribution in [2.24, 2.45) is 10.8 Å². The van der Waals surface area contributed by atoms with E-state index in [1.165, 1.54) is 6.92 Å². The molecule has 25 heavy (non-hydrogen) atoms. The van der Waals surface area contributed by atoms with Crippen LogP contribution >= 0.6 is 0 Å². The first kappa shape index (κ1) is 21.6. The molecule has 6 nitrogen and oxygen atoms in total. The molecule has 0 aliphatic carbocycles. The number of amides is 1. The van der Waals surface area contributed by atoms with Crippen LogP contribution in [0.2, 0.25) is 0 Å². The molecule has 1 fully saturated rings. The summed E-state index contributed by atoms with van der Waals surface area (Å²) in [7, 11) is 0. The lowest BCUT2D eigenvalue weighted by molar-refractivity contribution is -0.157. The van der Waals surface area contributed by atoms with E-state index in [-0.39, 0.29) is 36.8 Å². The fourth-order valence-electron chi connectivity index (χ4n) is 3.07. The number of carbonyl (C=O) groups is 3. The zero-order valence-corrected chi connectivity index (χ0v) is 16.7. The third kappa shape index (κ3) is 6.77. The topological polar surface area (TPSA) is 85.0 Å². The summed E-state index contributed by atoms with van der Waals surface area (Å²) >= 11 is 0. The number of hydrogen-bond acceptors (Lipinski definition) is 5. The van der Waals surface area contributed by atoms with E-state index in [1.807, 2.05) is 27.7 Å². The fourth-order valence-corrected chi connectivity index (χ4v) is 3.07. The standard InChI is InChI=1S/C19H33NO5/c1-8-19(7,15(22)20-18(5,6)9-13(2)21)12-17(3,4)16(23)25-11-14-10-24-14/h14H,8-12H2,1-7H3,(H,20,22). The molecule has 1 rings (SSSR count). The first-order valence-corrected chi connectivity index (χ1v) is 8.92. The van der Waals surface area contributed by atoms with Crippen molar-refractivity contribution in [2.45, 2.75) is 79.4 Å². The molecule has 0 bridgehead atoms. The number of epoxide rings is 1. The Morgan fingerprint density at radius 2 is 1.72 bits per heavy atom. The highest BCUT2D eigenvalue weighted by Gasteiger charge is 2.43. The van der Waals surface area contributed by atoms with Gasteiger partial charge < -0.3 is 14.8 Å². The van der Waals surface area contributed by atoms with Gasteiger partial charge in [0.1, 0.15) is 18.5 Å². The molecule has 1 aliphatic rings. The predicted octanol–water partition coefficient (Wildman–Crippen LogP) is 2.63. The molecule has 144 valence electrons. The van der Waals surface area contributed by atoms with E-state index < -0.39 is 16.4 Å². The second kappa shape index (κ2) is 7.85. The minimum atomic E-state index is -0.790. The van der Waals surface area contributed by atoms with E-state index in [0.717, 1.165) is 0 Å². The number of rotatable bonds is 10. The molecule has 0 spiro atoms. The van der Waals surface area contributed by atoms with Gasteiger partial charge in [0, 0.05) is 17.4 Å². The largest absolute Gasteiger partial charge is 0.462 e. The Labute approximate surface area is 151 Å². The van der Waals surface area contributed by atoms with Crippen molar-refractivity contribution < 1.29 is 23.9 Å². The predicted molar refractivity (Wildman–Crippen MR) is 95.0 cm³/mol. The normalized spacial score (nSPS) is 19.7. The summed E-state index contributed by atoms with van der Waals surface area (Å²) in [5.41, 5.74) is -2.14. The first-order valence-electron chi connectivity index (χ1n) is 8.92. The highest BCUT2D eigenvalue weighted by molar-refractivity contribution is 5.85. The molecule has 1 N–H and O–H groups in total. The number of ether oxygens (including phenoxy) is 2. The van der Waals surface area contributed by atoms with Crippen LogP contribution in [0.25, 0.3) is 0 Å². The molecule has 1 amide bonds. The molecule has 0 saturated carbocycles. The van der Waals surface area contributed by atoms with Gasteiger partial charge in [-0.1, -0.05) is 13.8 Å². The molecule has 0 radical (unpaired) electrons. The SMILES string of the molecule is CCC(C)(CC(C)(C)C(=O)OCC1CO1)C(=O)NC(C)(C)CC(C)=O. The number of ketones is 1. The summed E-state index contributed by atoms with van der Waals surface area (Å²) in [6, 6.07) is 0. The molecule has 1 heterocycles. The van der Waals surface area contributed by atoms with Crippen LogP contribution in [-0.2, 0) is 23.9 Å². The van der Waals surface area contributed by atoms with E-state index in [1.54, 1.807) is 13.8 Å². The highest BCUT2D eigenvalue weighted by atomic mass is 16.6. The van der Waals surface area contributed by atoms with Crippen LogP contribution in [0.1, 0.15) is 67.7 Å². The van der Waals surface area contributed by atoms with Gasteiger partial charge in [-0.15, -0.1) is 0 Å². The smallest absolute Gasteiger partial charge is 0.311 e. The summed E-state index contributed by atoms with van der Waals surface area (Å²) in [5, 5.41) is 2.97. The number of esters is 1. The number of Topliss-reactive ketones (excluding diaryl/α,β-unsaturated/α-hetero) is 1. The van der Waals surface area contributed by atoms with E-state index in [2.05, 4.69) is 5.32 Å². The van der Waals surface area contributed by atoms with Crippen LogP contribution in [0, 0.1) is 10.8 Å². The number of carbonyl (C=O) groups excluding carboxylic acids is 3. The minimum absolute atomic E-state index is 0.0213. The zero-order valence-electron chi connectivity index (χ0n) is 16.7. The molecule has 2 atom stereocenters.